The molecule has 0 spiro atoms. The van der Waals surface area contributed by atoms with E-state index in [0.717, 1.165) is 6.42 Å². The van der Waals surface area contributed by atoms with Gasteiger partial charge >= 0.3 is 0 Å². The maximum Gasteiger partial charge on any atom is 0.244 e. The highest BCUT2D eigenvalue weighted by molar-refractivity contribution is 9.10. The average Bonchev–Trinajstić information content (AvgIpc) is 2.70. The third kappa shape index (κ3) is 2.52. The summed E-state index contributed by atoms with van der Waals surface area (Å²) < 4.78 is 26.8. The third-order valence-electron chi connectivity index (χ3n) is 3.04. The predicted molar refractivity (Wildman–Crippen MR) is 76.1 cm³/mol. The first-order valence-corrected chi connectivity index (χ1v) is 8.18. The summed E-state index contributed by atoms with van der Waals surface area (Å²) in [5.41, 5.74) is 6.06. The number of halogens is 2. The number of nitrogens with two attached hydrogens (primary N) is 1. The number of hydrogen-bond acceptors (Lipinski definition) is 3. The molecular weight excluding hydrogens is 340 g/mol. The first-order valence-electron chi connectivity index (χ1n) is 5.57. The van der Waals surface area contributed by atoms with Crippen LogP contribution in [-0.2, 0) is 10.0 Å². The van der Waals surface area contributed by atoms with Crippen molar-refractivity contribution in [2.75, 3.05) is 18.8 Å². The van der Waals surface area contributed by atoms with Crippen LogP contribution in [0, 0.1) is 5.92 Å². The van der Waals surface area contributed by atoms with Crippen LogP contribution in [0.25, 0.3) is 0 Å². The summed E-state index contributed by atoms with van der Waals surface area (Å²) in [6.07, 6.45) is 0.882. The highest BCUT2D eigenvalue weighted by Gasteiger charge is 2.32. The van der Waals surface area contributed by atoms with Crippen LogP contribution in [0.3, 0.4) is 0 Å². The van der Waals surface area contributed by atoms with E-state index in [1.807, 2.05) is 6.92 Å². The second-order valence-corrected chi connectivity index (χ2v) is 7.70. The summed E-state index contributed by atoms with van der Waals surface area (Å²) in [5, 5.41) is 0.321. The summed E-state index contributed by atoms with van der Waals surface area (Å²) >= 11 is 9.10. The van der Waals surface area contributed by atoms with Crippen molar-refractivity contribution in [3.05, 3.63) is 21.6 Å². The van der Waals surface area contributed by atoms with Crippen LogP contribution in [0.5, 0.6) is 0 Å². The molecule has 2 rings (SSSR count). The van der Waals surface area contributed by atoms with Gasteiger partial charge in [0.25, 0.3) is 0 Å². The number of sulfonamides is 1. The maximum atomic E-state index is 12.5. The van der Waals surface area contributed by atoms with E-state index >= 15 is 0 Å². The molecule has 1 aliphatic rings. The van der Waals surface area contributed by atoms with E-state index in [1.54, 1.807) is 0 Å². The Morgan fingerprint density at radius 3 is 2.72 bits per heavy atom. The second kappa shape index (κ2) is 5.00. The Hall–Kier alpha value is -0.300. The maximum absolute atomic E-state index is 12.5. The fraction of sp³-hybridized carbons (Fsp3) is 0.455. The first-order chi connectivity index (χ1) is 8.32. The highest BCUT2D eigenvalue weighted by atomic mass is 79.9. The molecular formula is C11H14BrClN2O2S. The minimum Gasteiger partial charge on any atom is -0.398 e. The molecule has 0 radical (unpaired) electrons. The molecule has 0 bridgehead atoms. The number of nitrogens with zero attached hydrogens (tertiary/aromatic N) is 1. The average molecular weight is 354 g/mol. The Morgan fingerprint density at radius 1 is 1.50 bits per heavy atom. The SMILES string of the molecule is CC1CCN(S(=O)(=O)c2cc(Cl)cc(N)c2Br)C1. The van der Waals surface area contributed by atoms with Crippen LogP contribution in [-0.4, -0.2) is 25.8 Å². The molecule has 0 aliphatic carbocycles. The molecule has 1 heterocycles. The quantitative estimate of drug-likeness (QED) is 0.832. The standard InChI is InChI=1S/C11H14BrClN2O2S/c1-7-2-3-15(6-7)18(16,17)10-5-8(13)4-9(14)11(10)12/h4-5,7H,2-3,6,14H2,1H3. The van der Waals surface area contributed by atoms with Gasteiger partial charge in [0, 0.05) is 23.8 Å². The van der Waals surface area contributed by atoms with E-state index in [-0.39, 0.29) is 4.90 Å². The van der Waals surface area contributed by atoms with E-state index < -0.39 is 10.0 Å². The van der Waals surface area contributed by atoms with Gasteiger partial charge in [0.1, 0.15) is 0 Å². The van der Waals surface area contributed by atoms with Gasteiger partial charge in [-0.15, -0.1) is 0 Å². The minimum atomic E-state index is -3.53. The fourth-order valence-electron chi connectivity index (χ4n) is 2.02. The lowest BCUT2D eigenvalue weighted by atomic mass is 10.2. The van der Waals surface area contributed by atoms with Gasteiger partial charge < -0.3 is 5.73 Å². The number of nitrogen functional groups attached to an aromatic ring is 1. The van der Waals surface area contributed by atoms with Crippen molar-refractivity contribution in [2.45, 2.75) is 18.2 Å². The minimum absolute atomic E-state index is 0.140. The van der Waals surface area contributed by atoms with Crippen LogP contribution in [0.1, 0.15) is 13.3 Å². The van der Waals surface area contributed by atoms with Crippen LogP contribution in [0.15, 0.2) is 21.5 Å². The molecule has 1 aromatic carbocycles. The van der Waals surface area contributed by atoms with Crippen molar-refractivity contribution >= 4 is 43.2 Å². The van der Waals surface area contributed by atoms with E-state index in [0.29, 0.717) is 34.2 Å². The summed E-state index contributed by atoms with van der Waals surface area (Å²) in [7, 11) is -3.53. The lowest BCUT2D eigenvalue weighted by molar-refractivity contribution is 0.464. The van der Waals surface area contributed by atoms with Gasteiger partial charge in [-0.25, -0.2) is 8.42 Å². The summed E-state index contributed by atoms with van der Waals surface area (Å²) in [4.78, 5) is 0.140. The Bertz CT molecular complexity index is 577. The van der Waals surface area contributed by atoms with Crippen molar-refractivity contribution in [3.8, 4) is 0 Å². The van der Waals surface area contributed by atoms with Crippen molar-refractivity contribution in [1.82, 2.24) is 4.31 Å². The number of benzene rings is 1. The summed E-state index contributed by atoms with van der Waals surface area (Å²) in [6.45, 7) is 3.13. The molecule has 1 aromatic rings. The van der Waals surface area contributed by atoms with Crippen LogP contribution < -0.4 is 5.73 Å². The summed E-state index contributed by atoms with van der Waals surface area (Å²) in [6, 6.07) is 2.96. The van der Waals surface area contributed by atoms with Crippen molar-refractivity contribution in [3.63, 3.8) is 0 Å². The van der Waals surface area contributed by atoms with Gasteiger partial charge in [0.2, 0.25) is 10.0 Å². The molecule has 7 heteroatoms. The van der Waals surface area contributed by atoms with Gasteiger partial charge in [-0.3, -0.25) is 0 Å². The molecule has 18 heavy (non-hydrogen) atoms. The van der Waals surface area contributed by atoms with Crippen LogP contribution in [0.4, 0.5) is 5.69 Å². The molecule has 0 saturated carbocycles. The Kier molecular flexibility index (Phi) is 3.92. The van der Waals surface area contributed by atoms with Gasteiger partial charge in [0.15, 0.2) is 0 Å². The van der Waals surface area contributed by atoms with Gasteiger partial charge in [-0.05, 0) is 40.4 Å². The number of rotatable bonds is 2. The molecule has 1 fully saturated rings. The van der Waals surface area contributed by atoms with Crippen molar-refractivity contribution < 1.29 is 8.42 Å². The van der Waals surface area contributed by atoms with Crippen LogP contribution in [0.2, 0.25) is 5.02 Å². The second-order valence-electron chi connectivity index (χ2n) is 4.56. The van der Waals surface area contributed by atoms with Crippen molar-refractivity contribution in [2.24, 2.45) is 5.92 Å². The molecule has 100 valence electrons. The number of hydrogen-bond donors (Lipinski definition) is 1. The lowest BCUT2D eigenvalue weighted by Gasteiger charge is -2.18. The topological polar surface area (TPSA) is 63.4 Å². The van der Waals surface area contributed by atoms with Crippen molar-refractivity contribution in [1.29, 1.82) is 0 Å². The monoisotopic (exact) mass is 352 g/mol. The van der Waals surface area contributed by atoms with Gasteiger partial charge in [0.05, 0.1) is 9.37 Å². The van der Waals surface area contributed by atoms with Gasteiger partial charge in [-0.1, -0.05) is 18.5 Å². The zero-order valence-electron chi connectivity index (χ0n) is 9.86. The normalized spacial score (nSPS) is 21.4. The first kappa shape index (κ1) is 14.1. The van der Waals surface area contributed by atoms with Crippen LogP contribution >= 0.6 is 27.5 Å². The van der Waals surface area contributed by atoms with Gasteiger partial charge in [-0.2, -0.15) is 4.31 Å². The van der Waals surface area contributed by atoms with E-state index in [9.17, 15) is 8.42 Å². The molecule has 0 aromatic heterocycles. The lowest BCUT2D eigenvalue weighted by Crippen LogP contribution is -2.29. The predicted octanol–water partition coefficient (Wildman–Crippen LogP) is 2.72. The third-order valence-corrected chi connectivity index (χ3v) is 6.29. The smallest absolute Gasteiger partial charge is 0.244 e. The molecule has 2 N–H and O–H groups in total. The zero-order valence-corrected chi connectivity index (χ0v) is 13.0. The molecule has 1 unspecified atom stereocenters. The fourth-order valence-corrected chi connectivity index (χ4v) is 4.85. The Balaban J connectivity index is 2.48. The number of anilines is 1. The zero-order chi connectivity index (χ0) is 13.5. The Labute approximate surface area is 120 Å². The largest absolute Gasteiger partial charge is 0.398 e. The molecule has 4 nitrogen and oxygen atoms in total. The Morgan fingerprint density at radius 2 is 2.17 bits per heavy atom. The summed E-state index contributed by atoms with van der Waals surface area (Å²) in [5.74, 6) is 0.384. The molecule has 1 aliphatic heterocycles. The van der Waals surface area contributed by atoms with E-state index in [1.165, 1.54) is 16.4 Å². The van der Waals surface area contributed by atoms with E-state index in [4.69, 9.17) is 17.3 Å². The highest BCUT2D eigenvalue weighted by Crippen LogP contribution is 2.34. The molecule has 1 saturated heterocycles. The molecule has 1 atom stereocenters. The van der Waals surface area contributed by atoms with E-state index in [2.05, 4.69) is 15.9 Å². The molecule has 0 amide bonds.